The van der Waals surface area contributed by atoms with Gasteiger partial charge in [-0.25, -0.2) is 9.18 Å². The molecule has 0 fully saturated rings. The van der Waals surface area contributed by atoms with Crippen LogP contribution in [0.15, 0.2) is 47.8 Å². The number of halogens is 1. The van der Waals surface area contributed by atoms with Gasteiger partial charge in [0, 0.05) is 10.9 Å². The molecular weight excluding hydrogens is 393 g/mol. The molecule has 0 bridgehead atoms. The summed E-state index contributed by atoms with van der Waals surface area (Å²) in [5.41, 5.74) is 3.47. The van der Waals surface area contributed by atoms with Crippen molar-refractivity contribution in [2.45, 2.75) is 13.8 Å². The van der Waals surface area contributed by atoms with Gasteiger partial charge in [0.2, 0.25) is 0 Å². The first-order valence-corrected chi connectivity index (χ1v) is 9.73. The molecule has 0 radical (unpaired) electrons. The molecule has 0 unspecified atom stereocenters. The number of amides is 1. The van der Waals surface area contributed by atoms with Crippen LogP contribution in [0.3, 0.4) is 0 Å². The van der Waals surface area contributed by atoms with E-state index in [1.54, 1.807) is 23.6 Å². The molecule has 29 heavy (non-hydrogen) atoms. The van der Waals surface area contributed by atoms with Crippen molar-refractivity contribution in [3.05, 3.63) is 70.4 Å². The molecule has 1 heterocycles. The Balaban J connectivity index is 1.79. The average molecular weight is 413 g/mol. The lowest BCUT2D eigenvalue weighted by molar-refractivity contribution is -0.118. The Bertz CT molecular complexity index is 1040. The quantitative estimate of drug-likeness (QED) is 0.579. The van der Waals surface area contributed by atoms with E-state index < -0.39 is 11.9 Å². The number of hydrogen-bond acceptors (Lipinski definition) is 5. The maximum absolute atomic E-state index is 13.2. The molecule has 1 aromatic heterocycles. The van der Waals surface area contributed by atoms with E-state index in [-0.39, 0.29) is 18.0 Å². The van der Waals surface area contributed by atoms with Gasteiger partial charge in [0.25, 0.3) is 5.91 Å². The SMILES string of the molecule is COC(=O)c1c(-c2ccc(F)cc2)csc1NC(=O)COc1cccc(C)c1C. The molecule has 0 saturated carbocycles. The largest absolute Gasteiger partial charge is 0.483 e. The van der Waals surface area contributed by atoms with Crippen LogP contribution in [-0.2, 0) is 9.53 Å². The van der Waals surface area contributed by atoms with Gasteiger partial charge in [-0.3, -0.25) is 4.79 Å². The maximum Gasteiger partial charge on any atom is 0.341 e. The van der Waals surface area contributed by atoms with E-state index in [0.29, 0.717) is 21.9 Å². The molecule has 150 valence electrons. The zero-order chi connectivity index (χ0) is 21.0. The summed E-state index contributed by atoms with van der Waals surface area (Å²) in [5.74, 6) is -0.730. The predicted molar refractivity (Wildman–Crippen MR) is 111 cm³/mol. The van der Waals surface area contributed by atoms with Crippen molar-refractivity contribution in [3.63, 3.8) is 0 Å². The standard InChI is InChI=1S/C22H20FNO4S/c1-13-5-4-6-18(14(13)2)28-11-19(25)24-21-20(22(26)27-3)17(12-29-21)15-7-9-16(23)10-8-15/h4-10,12H,11H2,1-3H3,(H,24,25). The van der Waals surface area contributed by atoms with Crippen LogP contribution in [-0.4, -0.2) is 25.6 Å². The number of rotatable bonds is 6. The van der Waals surface area contributed by atoms with E-state index in [1.165, 1.54) is 30.6 Å². The Morgan fingerprint density at radius 3 is 2.52 bits per heavy atom. The number of nitrogens with one attached hydrogen (secondary N) is 1. The van der Waals surface area contributed by atoms with Crippen molar-refractivity contribution in [3.8, 4) is 16.9 Å². The summed E-state index contributed by atoms with van der Waals surface area (Å²) < 4.78 is 23.7. The number of carbonyl (C=O) groups excluding carboxylic acids is 2. The molecule has 0 spiro atoms. The minimum Gasteiger partial charge on any atom is -0.483 e. The average Bonchev–Trinajstić information content (AvgIpc) is 3.12. The van der Waals surface area contributed by atoms with Crippen molar-refractivity contribution in [1.29, 1.82) is 0 Å². The van der Waals surface area contributed by atoms with E-state index in [4.69, 9.17) is 9.47 Å². The van der Waals surface area contributed by atoms with Gasteiger partial charge in [-0.1, -0.05) is 24.3 Å². The fourth-order valence-corrected chi connectivity index (χ4v) is 3.76. The fraction of sp³-hybridized carbons (Fsp3) is 0.182. The summed E-state index contributed by atoms with van der Waals surface area (Å²) >= 11 is 1.19. The van der Waals surface area contributed by atoms with E-state index in [2.05, 4.69) is 5.32 Å². The van der Waals surface area contributed by atoms with Crippen LogP contribution >= 0.6 is 11.3 Å². The summed E-state index contributed by atoms with van der Waals surface area (Å²) in [6, 6.07) is 11.4. The summed E-state index contributed by atoms with van der Waals surface area (Å²) in [4.78, 5) is 24.7. The normalized spacial score (nSPS) is 10.5. The lowest BCUT2D eigenvalue weighted by Crippen LogP contribution is -2.21. The highest BCUT2D eigenvalue weighted by molar-refractivity contribution is 7.15. The molecular formula is C22H20FNO4S. The maximum atomic E-state index is 13.2. The molecule has 0 aliphatic carbocycles. The number of aryl methyl sites for hydroxylation is 1. The monoisotopic (exact) mass is 413 g/mol. The first-order valence-electron chi connectivity index (χ1n) is 8.85. The van der Waals surface area contributed by atoms with Crippen LogP contribution in [0.5, 0.6) is 5.75 Å². The fourth-order valence-electron chi connectivity index (χ4n) is 2.78. The van der Waals surface area contributed by atoms with Gasteiger partial charge in [0.1, 0.15) is 22.1 Å². The number of ether oxygens (including phenoxy) is 2. The Morgan fingerprint density at radius 2 is 1.83 bits per heavy atom. The summed E-state index contributed by atoms with van der Waals surface area (Å²) in [6.45, 7) is 3.69. The number of esters is 1. The molecule has 1 amide bonds. The number of carbonyl (C=O) groups is 2. The molecule has 0 aliphatic heterocycles. The molecule has 0 aliphatic rings. The van der Waals surface area contributed by atoms with Crippen LogP contribution in [0.4, 0.5) is 9.39 Å². The number of methoxy groups -OCH3 is 1. The lowest BCUT2D eigenvalue weighted by Gasteiger charge is -2.11. The molecule has 1 N–H and O–H groups in total. The number of hydrogen-bond donors (Lipinski definition) is 1. The van der Waals surface area contributed by atoms with Gasteiger partial charge in [0.05, 0.1) is 7.11 Å². The second kappa shape index (κ2) is 8.87. The molecule has 3 aromatic rings. The van der Waals surface area contributed by atoms with Gasteiger partial charge in [-0.2, -0.15) is 0 Å². The van der Waals surface area contributed by atoms with E-state index in [1.807, 2.05) is 26.0 Å². The Kier molecular flexibility index (Phi) is 6.29. The third kappa shape index (κ3) is 4.63. The van der Waals surface area contributed by atoms with Crippen molar-refractivity contribution >= 4 is 28.2 Å². The van der Waals surface area contributed by atoms with E-state index in [0.717, 1.165) is 11.1 Å². The van der Waals surface area contributed by atoms with Gasteiger partial charge >= 0.3 is 5.97 Å². The summed E-state index contributed by atoms with van der Waals surface area (Å²) in [6.07, 6.45) is 0. The minimum absolute atomic E-state index is 0.200. The number of benzene rings is 2. The topological polar surface area (TPSA) is 64.6 Å². The Morgan fingerprint density at radius 1 is 1.10 bits per heavy atom. The van der Waals surface area contributed by atoms with Crippen LogP contribution < -0.4 is 10.1 Å². The summed E-state index contributed by atoms with van der Waals surface area (Å²) in [7, 11) is 1.27. The second-order valence-electron chi connectivity index (χ2n) is 6.39. The smallest absolute Gasteiger partial charge is 0.341 e. The number of anilines is 1. The van der Waals surface area contributed by atoms with Crippen molar-refractivity contribution in [2.24, 2.45) is 0 Å². The van der Waals surface area contributed by atoms with Gasteiger partial charge in [-0.05, 0) is 48.7 Å². The zero-order valence-corrected chi connectivity index (χ0v) is 17.1. The van der Waals surface area contributed by atoms with E-state index in [9.17, 15) is 14.0 Å². The van der Waals surface area contributed by atoms with Crippen molar-refractivity contribution in [1.82, 2.24) is 0 Å². The predicted octanol–water partition coefficient (Wildman–Crippen LogP) is 4.98. The second-order valence-corrected chi connectivity index (χ2v) is 7.27. The molecule has 7 heteroatoms. The van der Waals surface area contributed by atoms with Crippen LogP contribution in [0, 0.1) is 19.7 Å². The molecule has 3 rings (SSSR count). The van der Waals surface area contributed by atoms with Crippen LogP contribution in [0.1, 0.15) is 21.5 Å². The highest BCUT2D eigenvalue weighted by Gasteiger charge is 2.22. The van der Waals surface area contributed by atoms with Crippen molar-refractivity contribution < 1.29 is 23.5 Å². The highest BCUT2D eigenvalue weighted by atomic mass is 32.1. The Labute approximate surface area is 172 Å². The third-order valence-corrected chi connectivity index (χ3v) is 5.40. The van der Waals surface area contributed by atoms with Crippen LogP contribution in [0.25, 0.3) is 11.1 Å². The van der Waals surface area contributed by atoms with Crippen molar-refractivity contribution in [2.75, 3.05) is 19.0 Å². The third-order valence-electron chi connectivity index (χ3n) is 4.50. The molecule has 0 atom stereocenters. The molecule has 5 nitrogen and oxygen atoms in total. The highest BCUT2D eigenvalue weighted by Crippen LogP contribution is 2.36. The minimum atomic E-state index is -0.587. The van der Waals surface area contributed by atoms with E-state index >= 15 is 0 Å². The van der Waals surface area contributed by atoms with Crippen LogP contribution in [0.2, 0.25) is 0 Å². The zero-order valence-electron chi connectivity index (χ0n) is 16.2. The number of thiophene rings is 1. The first-order chi connectivity index (χ1) is 13.9. The Hall–Kier alpha value is -3.19. The van der Waals surface area contributed by atoms with Gasteiger partial charge in [0.15, 0.2) is 6.61 Å². The molecule has 0 saturated heterocycles. The molecule has 2 aromatic carbocycles. The lowest BCUT2D eigenvalue weighted by atomic mass is 10.0. The first kappa shape index (κ1) is 20.5. The summed E-state index contributed by atoms with van der Waals surface area (Å²) in [5, 5.41) is 4.79. The van der Waals surface area contributed by atoms with Gasteiger partial charge < -0.3 is 14.8 Å². The van der Waals surface area contributed by atoms with Gasteiger partial charge in [-0.15, -0.1) is 11.3 Å².